The van der Waals surface area contributed by atoms with Gasteiger partial charge < -0.3 is 14.7 Å². The van der Waals surface area contributed by atoms with Crippen molar-refractivity contribution in [1.82, 2.24) is 10.1 Å². The highest BCUT2D eigenvalue weighted by Gasteiger charge is 2.32. The molecule has 0 bridgehead atoms. The van der Waals surface area contributed by atoms with E-state index in [1.54, 1.807) is 12.3 Å². The lowest BCUT2D eigenvalue weighted by molar-refractivity contribution is 0.410. The second-order valence-corrected chi connectivity index (χ2v) is 4.65. The molecule has 5 nitrogen and oxygen atoms in total. The largest absolute Gasteiger partial charge is 0.457 e. The van der Waals surface area contributed by atoms with Crippen LogP contribution in [0.1, 0.15) is 24.7 Å². The maximum absolute atomic E-state index is 5.98. The quantitative estimate of drug-likeness (QED) is 0.936. The van der Waals surface area contributed by atoms with Crippen LogP contribution in [0.3, 0.4) is 0 Å². The lowest BCUT2D eigenvalue weighted by atomic mass is 10.2. The van der Waals surface area contributed by atoms with Crippen LogP contribution in [0.15, 0.2) is 25.9 Å². The van der Waals surface area contributed by atoms with E-state index in [0.29, 0.717) is 22.3 Å². The van der Waals surface area contributed by atoms with E-state index in [1.807, 2.05) is 0 Å². The Kier molecular flexibility index (Phi) is 2.33. The highest BCUT2D eigenvalue weighted by atomic mass is 79.9. The molecule has 0 aliphatic heterocycles. The van der Waals surface area contributed by atoms with Gasteiger partial charge in [0.1, 0.15) is 0 Å². The number of nitrogens with zero attached hydrogens (tertiary/aromatic N) is 2. The van der Waals surface area contributed by atoms with Crippen molar-refractivity contribution in [2.45, 2.75) is 18.9 Å². The highest BCUT2D eigenvalue weighted by molar-refractivity contribution is 9.10. The molecule has 1 atom stereocenters. The zero-order valence-corrected chi connectivity index (χ0v) is 9.98. The van der Waals surface area contributed by atoms with Crippen molar-refractivity contribution < 1.29 is 8.94 Å². The van der Waals surface area contributed by atoms with E-state index in [2.05, 4.69) is 26.1 Å². The fraction of sp³-hybridized carbons (Fsp3) is 0.400. The second-order valence-electron chi connectivity index (χ2n) is 3.93. The molecule has 84 valence electrons. The van der Waals surface area contributed by atoms with Gasteiger partial charge in [-0.15, -0.1) is 0 Å². The molecule has 2 heterocycles. The van der Waals surface area contributed by atoms with E-state index in [0.717, 1.165) is 18.4 Å². The molecule has 6 heteroatoms. The molecule has 1 unspecified atom stereocenters. The van der Waals surface area contributed by atoms with Gasteiger partial charge in [-0.3, -0.25) is 0 Å². The Labute approximate surface area is 100 Å². The lowest BCUT2D eigenvalue weighted by Gasteiger charge is -2.01. The fourth-order valence-corrected chi connectivity index (χ4v) is 2.00. The third-order valence-corrected chi connectivity index (χ3v) is 3.33. The molecule has 0 radical (unpaired) electrons. The van der Waals surface area contributed by atoms with Crippen molar-refractivity contribution in [2.75, 3.05) is 0 Å². The van der Waals surface area contributed by atoms with Crippen LogP contribution in [0.5, 0.6) is 0 Å². The Bertz CT molecular complexity index is 504. The van der Waals surface area contributed by atoms with E-state index in [4.69, 9.17) is 14.7 Å². The molecule has 0 aromatic carbocycles. The molecule has 2 aromatic heterocycles. The van der Waals surface area contributed by atoms with Gasteiger partial charge in [0.05, 0.1) is 17.9 Å². The predicted molar refractivity (Wildman–Crippen MR) is 59.4 cm³/mol. The van der Waals surface area contributed by atoms with Crippen molar-refractivity contribution in [3.05, 3.63) is 22.8 Å². The molecule has 1 fully saturated rings. The molecule has 1 saturated carbocycles. The number of hydrogen-bond acceptors (Lipinski definition) is 5. The molecule has 0 spiro atoms. The molecule has 0 saturated heterocycles. The first-order valence-corrected chi connectivity index (χ1v) is 5.87. The van der Waals surface area contributed by atoms with Crippen LogP contribution in [0.4, 0.5) is 0 Å². The van der Waals surface area contributed by atoms with Gasteiger partial charge >= 0.3 is 0 Å². The molecule has 1 aliphatic rings. The summed E-state index contributed by atoms with van der Waals surface area (Å²) in [5.41, 5.74) is 6.74. The second kappa shape index (κ2) is 3.71. The molecule has 2 aromatic rings. The molecular formula is C10H10BrN3O2. The minimum Gasteiger partial charge on any atom is -0.457 e. The number of hydrogen-bond donors (Lipinski definition) is 1. The van der Waals surface area contributed by atoms with Gasteiger partial charge in [-0.05, 0) is 40.8 Å². The number of halogens is 1. The molecule has 1 aliphatic carbocycles. The van der Waals surface area contributed by atoms with E-state index in [9.17, 15) is 0 Å². The Morgan fingerprint density at radius 1 is 1.50 bits per heavy atom. The van der Waals surface area contributed by atoms with Crippen molar-refractivity contribution in [3.63, 3.8) is 0 Å². The summed E-state index contributed by atoms with van der Waals surface area (Å²) < 4.78 is 10.8. The predicted octanol–water partition coefficient (Wildman–Crippen LogP) is 2.50. The zero-order chi connectivity index (χ0) is 11.1. The average Bonchev–Trinajstić information content (AvgIpc) is 2.86. The summed E-state index contributed by atoms with van der Waals surface area (Å²) in [6, 6.07) is 1.66. The maximum Gasteiger partial charge on any atom is 0.262 e. The Morgan fingerprint density at radius 2 is 2.31 bits per heavy atom. The standard InChI is InChI=1S/C10H10BrN3O2/c11-8-6(3-4-15-8)10-13-9(14-16-10)7(12)5-1-2-5/h3-5,7H,1-2,12H2. The van der Waals surface area contributed by atoms with Gasteiger partial charge in [-0.25, -0.2) is 0 Å². The first-order valence-electron chi connectivity index (χ1n) is 5.08. The molecular weight excluding hydrogens is 274 g/mol. The fourth-order valence-electron chi connectivity index (χ4n) is 1.59. The van der Waals surface area contributed by atoms with Crippen LogP contribution in [0, 0.1) is 5.92 Å². The minimum atomic E-state index is -0.108. The van der Waals surface area contributed by atoms with Crippen LogP contribution >= 0.6 is 15.9 Å². The monoisotopic (exact) mass is 283 g/mol. The Morgan fingerprint density at radius 3 is 2.94 bits per heavy atom. The van der Waals surface area contributed by atoms with Crippen LogP contribution in [0.25, 0.3) is 11.5 Å². The SMILES string of the molecule is NC(c1noc(-c2ccoc2Br)n1)C1CC1. The topological polar surface area (TPSA) is 78.1 Å². The van der Waals surface area contributed by atoms with E-state index >= 15 is 0 Å². The Balaban J connectivity index is 1.90. The van der Waals surface area contributed by atoms with Crippen molar-refractivity contribution >= 4 is 15.9 Å². The van der Waals surface area contributed by atoms with Crippen LogP contribution < -0.4 is 5.73 Å². The molecule has 3 rings (SSSR count). The summed E-state index contributed by atoms with van der Waals surface area (Å²) in [5.74, 6) is 1.52. The highest BCUT2D eigenvalue weighted by Crippen LogP contribution is 2.39. The average molecular weight is 284 g/mol. The van der Waals surface area contributed by atoms with Gasteiger partial charge in [-0.2, -0.15) is 4.98 Å². The van der Waals surface area contributed by atoms with E-state index in [1.165, 1.54) is 0 Å². The first kappa shape index (κ1) is 10.0. The first-order chi connectivity index (χ1) is 7.75. The van der Waals surface area contributed by atoms with Crippen LogP contribution in [0.2, 0.25) is 0 Å². The van der Waals surface area contributed by atoms with Gasteiger partial charge in [-0.1, -0.05) is 5.16 Å². The summed E-state index contributed by atoms with van der Waals surface area (Å²) in [6.07, 6.45) is 3.87. The zero-order valence-electron chi connectivity index (χ0n) is 8.39. The normalized spacial score (nSPS) is 17.6. The summed E-state index contributed by atoms with van der Waals surface area (Å²) in [5, 5.41) is 3.90. The Hall–Kier alpha value is -1.14. The number of furan rings is 1. The van der Waals surface area contributed by atoms with Crippen LogP contribution in [-0.2, 0) is 0 Å². The summed E-state index contributed by atoms with van der Waals surface area (Å²) in [7, 11) is 0. The van der Waals surface area contributed by atoms with Crippen molar-refractivity contribution in [3.8, 4) is 11.5 Å². The minimum absolute atomic E-state index is 0.108. The van der Waals surface area contributed by atoms with Crippen LogP contribution in [-0.4, -0.2) is 10.1 Å². The van der Waals surface area contributed by atoms with Gasteiger partial charge in [0.25, 0.3) is 5.89 Å². The summed E-state index contributed by atoms with van der Waals surface area (Å²) in [6.45, 7) is 0. The maximum atomic E-state index is 5.98. The van der Waals surface area contributed by atoms with E-state index in [-0.39, 0.29) is 6.04 Å². The smallest absolute Gasteiger partial charge is 0.262 e. The van der Waals surface area contributed by atoms with Gasteiger partial charge in [0, 0.05) is 0 Å². The number of rotatable bonds is 3. The third kappa shape index (κ3) is 1.68. The summed E-state index contributed by atoms with van der Waals surface area (Å²) >= 11 is 3.26. The summed E-state index contributed by atoms with van der Waals surface area (Å²) in [4.78, 5) is 4.28. The number of nitrogens with two attached hydrogens (primary N) is 1. The van der Waals surface area contributed by atoms with Gasteiger partial charge in [0.2, 0.25) is 0 Å². The molecule has 2 N–H and O–H groups in total. The molecule has 16 heavy (non-hydrogen) atoms. The number of aromatic nitrogens is 2. The van der Waals surface area contributed by atoms with Gasteiger partial charge in [0.15, 0.2) is 10.5 Å². The third-order valence-electron chi connectivity index (χ3n) is 2.72. The van der Waals surface area contributed by atoms with Crippen molar-refractivity contribution in [1.29, 1.82) is 0 Å². The van der Waals surface area contributed by atoms with Crippen molar-refractivity contribution in [2.24, 2.45) is 11.7 Å². The van der Waals surface area contributed by atoms with E-state index < -0.39 is 0 Å². The lowest BCUT2D eigenvalue weighted by Crippen LogP contribution is -2.13. The molecule has 0 amide bonds.